The Morgan fingerprint density at radius 1 is 1.44 bits per heavy atom. The third-order valence-corrected chi connectivity index (χ3v) is 3.42. The first-order chi connectivity index (χ1) is 8.49. The van der Waals surface area contributed by atoms with Crippen LogP contribution >= 0.6 is 27.5 Å². The van der Waals surface area contributed by atoms with E-state index < -0.39 is 5.97 Å². The van der Waals surface area contributed by atoms with Gasteiger partial charge in [-0.1, -0.05) is 39.7 Å². The van der Waals surface area contributed by atoms with Gasteiger partial charge in [0.05, 0.1) is 12.1 Å². The molecule has 0 saturated carbocycles. The Bertz CT molecular complexity index is 593. The van der Waals surface area contributed by atoms with Crippen LogP contribution in [0.25, 0.3) is 11.4 Å². The molecule has 0 amide bonds. The maximum Gasteiger partial charge on any atom is 0.309 e. The van der Waals surface area contributed by atoms with Gasteiger partial charge >= 0.3 is 5.97 Å². The molecular weight excluding hydrogens is 320 g/mol. The fourth-order valence-corrected chi connectivity index (χ4v) is 2.23. The van der Waals surface area contributed by atoms with Crippen molar-refractivity contribution in [1.29, 1.82) is 0 Å². The summed E-state index contributed by atoms with van der Waals surface area (Å²) in [5.41, 5.74) is 1.39. The highest BCUT2D eigenvalue weighted by atomic mass is 79.9. The van der Waals surface area contributed by atoms with E-state index in [-0.39, 0.29) is 11.6 Å². The van der Waals surface area contributed by atoms with E-state index >= 15 is 0 Å². The molecule has 94 valence electrons. The van der Waals surface area contributed by atoms with Crippen molar-refractivity contribution in [2.75, 3.05) is 0 Å². The Morgan fingerprint density at radius 2 is 2.06 bits per heavy atom. The zero-order valence-corrected chi connectivity index (χ0v) is 11.9. The highest BCUT2D eigenvalue weighted by Gasteiger charge is 2.16. The molecule has 1 heterocycles. The van der Waals surface area contributed by atoms with Gasteiger partial charge in [0.15, 0.2) is 5.15 Å². The molecule has 18 heavy (non-hydrogen) atoms. The minimum atomic E-state index is -0.928. The Morgan fingerprint density at radius 3 is 2.61 bits per heavy atom. The minimum Gasteiger partial charge on any atom is -0.481 e. The fourth-order valence-electron chi connectivity index (χ4n) is 1.69. The molecule has 2 aromatic rings. The first kappa shape index (κ1) is 13.1. The van der Waals surface area contributed by atoms with Gasteiger partial charge < -0.3 is 9.67 Å². The zero-order chi connectivity index (χ0) is 13.3. The number of carbonyl (C=O) groups is 1. The Kier molecular flexibility index (Phi) is 3.73. The summed E-state index contributed by atoms with van der Waals surface area (Å²) >= 11 is 9.33. The van der Waals surface area contributed by atoms with Gasteiger partial charge in [0.2, 0.25) is 0 Å². The summed E-state index contributed by atoms with van der Waals surface area (Å²) in [6, 6.07) is 7.59. The number of nitrogens with zero attached hydrogens (tertiary/aromatic N) is 2. The van der Waals surface area contributed by atoms with Gasteiger partial charge in [-0.3, -0.25) is 4.79 Å². The molecule has 0 aliphatic rings. The number of benzene rings is 1. The van der Waals surface area contributed by atoms with Crippen LogP contribution in [0.2, 0.25) is 5.15 Å². The summed E-state index contributed by atoms with van der Waals surface area (Å²) < 4.78 is 2.68. The number of carboxylic acid groups (broad SMARTS) is 1. The maximum absolute atomic E-state index is 10.8. The van der Waals surface area contributed by atoms with Crippen LogP contribution in [0.3, 0.4) is 0 Å². The Hall–Kier alpha value is -1.33. The number of hydrogen-bond donors (Lipinski definition) is 1. The molecule has 0 spiro atoms. The van der Waals surface area contributed by atoms with Gasteiger partial charge in [0, 0.05) is 17.1 Å². The van der Waals surface area contributed by atoms with Gasteiger partial charge in [0.25, 0.3) is 0 Å². The lowest BCUT2D eigenvalue weighted by Gasteiger charge is -2.04. The molecule has 1 N–H and O–H groups in total. The van der Waals surface area contributed by atoms with E-state index in [1.54, 1.807) is 11.6 Å². The number of aliphatic carboxylic acids is 1. The van der Waals surface area contributed by atoms with Gasteiger partial charge in [-0.2, -0.15) is 0 Å². The monoisotopic (exact) mass is 328 g/mol. The SMILES string of the molecule is Cn1c(-c2ccc(Br)cc2)nc(Cl)c1CC(=O)O. The van der Waals surface area contributed by atoms with Crippen molar-refractivity contribution in [1.82, 2.24) is 9.55 Å². The largest absolute Gasteiger partial charge is 0.481 e. The predicted octanol–water partition coefficient (Wildman–Crippen LogP) is 3.13. The highest BCUT2D eigenvalue weighted by molar-refractivity contribution is 9.10. The van der Waals surface area contributed by atoms with Gasteiger partial charge in [-0.25, -0.2) is 4.98 Å². The number of carboxylic acids is 1. The lowest BCUT2D eigenvalue weighted by atomic mass is 10.2. The van der Waals surface area contributed by atoms with Crippen molar-refractivity contribution >= 4 is 33.5 Å². The van der Waals surface area contributed by atoms with Gasteiger partial charge in [-0.15, -0.1) is 0 Å². The second kappa shape index (κ2) is 5.12. The molecule has 0 saturated heterocycles. The molecule has 4 nitrogen and oxygen atoms in total. The van der Waals surface area contributed by atoms with Crippen molar-refractivity contribution in [2.24, 2.45) is 7.05 Å². The molecule has 2 rings (SSSR count). The summed E-state index contributed by atoms with van der Waals surface area (Å²) in [4.78, 5) is 15.0. The van der Waals surface area contributed by atoms with Crippen molar-refractivity contribution in [3.63, 3.8) is 0 Å². The minimum absolute atomic E-state index is 0.140. The van der Waals surface area contributed by atoms with E-state index in [0.717, 1.165) is 10.0 Å². The topological polar surface area (TPSA) is 55.1 Å². The summed E-state index contributed by atoms with van der Waals surface area (Å²) in [6.45, 7) is 0. The van der Waals surface area contributed by atoms with Crippen LogP contribution in [0.5, 0.6) is 0 Å². The van der Waals surface area contributed by atoms with E-state index in [0.29, 0.717) is 11.5 Å². The molecule has 0 aliphatic carbocycles. The van der Waals surface area contributed by atoms with E-state index in [9.17, 15) is 4.79 Å². The average Bonchev–Trinajstić information content (AvgIpc) is 2.58. The summed E-state index contributed by atoms with van der Waals surface area (Å²) in [6.07, 6.45) is -0.140. The molecule has 0 aliphatic heterocycles. The second-order valence-electron chi connectivity index (χ2n) is 3.81. The number of rotatable bonds is 3. The van der Waals surface area contributed by atoms with E-state index in [4.69, 9.17) is 16.7 Å². The van der Waals surface area contributed by atoms with Crippen molar-refractivity contribution in [2.45, 2.75) is 6.42 Å². The summed E-state index contributed by atoms with van der Waals surface area (Å²) in [5.74, 6) is -0.272. The molecule has 6 heteroatoms. The van der Waals surface area contributed by atoms with Crippen LogP contribution in [-0.4, -0.2) is 20.6 Å². The maximum atomic E-state index is 10.8. The van der Waals surface area contributed by atoms with E-state index in [1.807, 2.05) is 24.3 Å². The van der Waals surface area contributed by atoms with Crippen molar-refractivity contribution in [3.8, 4) is 11.4 Å². The Labute approximate surface area is 117 Å². The number of imidazole rings is 1. The van der Waals surface area contributed by atoms with Crippen LogP contribution in [0.4, 0.5) is 0 Å². The first-order valence-electron chi connectivity index (χ1n) is 5.18. The standard InChI is InChI=1S/C12H10BrClN2O2/c1-16-9(6-10(17)18)11(14)15-12(16)7-2-4-8(13)5-3-7/h2-5H,6H2,1H3,(H,17,18). The number of hydrogen-bond acceptors (Lipinski definition) is 2. The summed E-state index contributed by atoms with van der Waals surface area (Å²) in [5, 5.41) is 9.06. The molecule has 0 fully saturated rings. The number of aromatic nitrogens is 2. The average molecular weight is 330 g/mol. The fraction of sp³-hybridized carbons (Fsp3) is 0.167. The normalized spacial score (nSPS) is 10.6. The molecule has 0 radical (unpaired) electrons. The lowest BCUT2D eigenvalue weighted by molar-refractivity contribution is -0.136. The van der Waals surface area contributed by atoms with Gasteiger partial charge in [-0.05, 0) is 12.1 Å². The Balaban J connectivity index is 2.46. The molecule has 0 unspecified atom stereocenters. The van der Waals surface area contributed by atoms with Crippen LogP contribution in [0.1, 0.15) is 5.69 Å². The van der Waals surface area contributed by atoms with E-state index in [2.05, 4.69) is 20.9 Å². The van der Waals surface area contributed by atoms with Crippen LogP contribution < -0.4 is 0 Å². The summed E-state index contributed by atoms with van der Waals surface area (Å²) in [7, 11) is 1.76. The first-order valence-corrected chi connectivity index (χ1v) is 6.35. The number of halogens is 2. The van der Waals surface area contributed by atoms with Crippen LogP contribution in [0.15, 0.2) is 28.7 Å². The second-order valence-corrected chi connectivity index (χ2v) is 5.08. The lowest BCUT2D eigenvalue weighted by Crippen LogP contribution is -2.06. The van der Waals surface area contributed by atoms with Crippen LogP contribution in [0, 0.1) is 0 Å². The van der Waals surface area contributed by atoms with Crippen LogP contribution in [-0.2, 0) is 18.3 Å². The van der Waals surface area contributed by atoms with E-state index in [1.165, 1.54) is 0 Å². The third kappa shape index (κ3) is 2.57. The third-order valence-electron chi connectivity index (χ3n) is 2.59. The van der Waals surface area contributed by atoms with Crippen molar-refractivity contribution < 1.29 is 9.90 Å². The predicted molar refractivity (Wildman–Crippen MR) is 72.7 cm³/mol. The van der Waals surface area contributed by atoms with Gasteiger partial charge in [0.1, 0.15) is 5.82 Å². The molecule has 1 aromatic carbocycles. The molecule has 0 atom stereocenters. The quantitative estimate of drug-likeness (QED) is 0.941. The molecule has 1 aromatic heterocycles. The highest BCUT2D eigenvalue weighted by Crippen LogP contribution is 2.26. The smallest absolute Gasteiger partial charge is 0.309 e. The van der Waals surface area contributed by atoms with Crippen molar-refractivity contribution in [3.05, 3.63) is 39.6 Å². The molecular formula is C12H10BrClN2O2. The molecule has 0 bridgehead atoms. The zero-order valence-electron chi connectivity index (χ0n) is 9.52.